The van der Waals surface area contributed by atoms with Gasteiger partial charge in [-0.05, 0) is 44.9 Å². The highest BCUT2D eigenvalue weighted by molar-refractivity contribution is 5.59. The van der Waals surface area contributed by atoms with E-state index in [-0.39, 0.29) is 0 Å². The van der Waals surface area contributed by atoms with Gasteiger partial charge in [0.2, 0.25) is 11.9 Å². The Morgan fingerprint density at radius 3 is 2.63 bits per heavy atom. The predicted octanol–water partition coefficient (Wildman–Crippen LogP) is 3.58. The van der Waals surface area contributed by atoms with Crippen LogP contribution in [0.5, 0.6) is 0 Å². The predicted molar refractivity (Wildman–Crippen MR) is 105 cm³/mol. The fraction of sp³-hybridized carbons (Fsp3) is 0.316. The monoisotopic (exact) mass is 428 g/mol. The Morgan fingerprint density at radius 2 is 1.93 bits per heavy atom. The van der Waals surface area contributed by atoms with Crippen molar-refractivity contribution in [2.24, 2.45) is 0 Å². The third kappa shape index (κ3) is 5.83. The normalized spacial score (nSPS) is 17.7. The topological polar surface area (TPSA) is 109 Å². The SMILES string of the molecule is [2H]c1ccc(C(F)(F)F)nc1-c1nc(Nc2ccnc(C)c2)nc(NC([2H])([2H])C(O)(C([2H])([2H])[2H])C([2H])([2H])[2H])n1. The van der Waals surface area contributed by atoms with Gasteiger partial charge in [-0.1, -0.05) is 6.07 Å². The standard InChI is InChI=1S/C19H20F3N7O/c1-11-9-12(7-8-23-11)25-17-28-15(27-16(29-17)24-10-18(2,3)30)13-5-4-6-14(26-13)19(20,21)22/h4-9,30H,10H2,1-3H3,(H2,23,24,25,27,28,29)/i2D3,3D3,5D,10D2. The van der Waals surface area contributed by atoms with E-state index in [0.717, 1.165) is 6.07 Å². The Hall–Kier alpha value is -3.34. The van der Waals surface area contributed by atoms with Gasteiger partial charge in [-0.2, -0.15) is 28.1 Å². The summed E-state index contributed by atoms with van der Waals surface area (Å²) in [7, 11) is 0. The first-order chi connectivity index (χ1) is 17.7. The molecule has 3 rings (SSSR count). The molecule has 30 heavy (non-hydrogen) atoms. The lowest BCUT2D eigenvalue weighted by molar-refractivity contribution is -0.141. The van der Waals surface area contributed by atoms with Crippen LogP contribution in [-0.4, -0.2) is 42.1 Å². The summed E-state index contributed by atoms with van der Waals surface area (Å²) in [5, 5.41) is 15.1. The van der Waals surface area contributed by atoms with Crippen LogP contribution in [0.15, 0.2) is 36.5 Å². The lowest BCUT2D eigenvalue weighted by Gasteiger charge is -2.18. The summed E-state index contributed by atoms with van der Waals surface area (Å²) >= 11 is 0. The molecule has 0 unspecified atom stereocenters. The van der Waals surface area contributed by atoms with Crippen molar-refractivity contribution in [1.29, 1.82) is 0 Å². The van der Waals surface area contributed by atoms with Crippen molar-refractivity contribution in [3.8, 4) is 11.5 Å². The number of hydrogen-bond donors (Lipinski definition) is 3. The zero-order chi connectivity index (χ0) is 29.6. The molecule has 0 aromatic carbocycles. The van der Waals surface area contributed by atoms with Gasteiger partial charge in [0, 0.05) is 32.3 Å². The summed E-state index contributed by atoms with van der Waals surface area (Å²) in [6, 6.07) is 3.76. The number of pyridine rings is 2. The van der Waals surface area contributed by atoms with Crippen LogP contribution in [0, 0.1) is 6.92 Å². The maximum absolute atomic E-state index is 13.3. The molecule has 8 nitrogen and oxygen atoms in total. The number of rotatable bonds is 6. The summed E-state index contributed by atoms with van der Waals surface area (Å²) < 4.78 is 109. The Balaban J connectivity index is 2.20. The Kier molecular flexibility index (Phi) is 3.38. The maximum atomic E-state index is 13.3. The zero-order valence-corrected chi connectivity index (χ0v) is 15.2. The van der Waals surface area contributed by atoms with Gasteiger partial charge in [-0.15, -0.1) is 0 Å². The van der Waals surface area contributed by atoms with Gasteiger partial charge in [0.05, 0.1) is 9.71 Å². The van der Waals surface area contributed by atoms with E-state index in [2.05, 4.69) is 30.2 Å². The van der Waals surface area contributed by atoms with E-state index < -0.39 is 67.1 Å². The first kappa shape index (κ1) is 12.4. The van der Waals surface area contributed by atoms with Crippen molar-refractivity contribution in [1.82, 2.24) is 24.9 Å². The van der Waals surface area contributed by atoms with Crippen LogP contribution in [0.4, 0.5) is 30.8 Å². The number of aromatic nitrogens is 5. The van der Waals surface area contributed by atoms with Gasteiger partial charge in [-0.25, -0.2) is 4.98 Å². The van der Waals surface area contributed by atoms with Crippen LogP contribution in [0.3, 0.4) is 0 Å². The molecule has 0 spiro atoms. The quantitative estimate of drug-likeness (QED) is 0.547. The fourth-order valence-electron chi connectivity index (χ4n) is 2.15. The number of nitrogens with zero attached hydrogens (tertiary/aromatic N) is 5. The summed E-state index contributed by atoms with van der Waals surface area (Å²) in [4.78, 5) is 18.9. The second kappa shape index (κ2) is 8.19. The largest absolute Gasteiger partial charge is 0.433 e. The van der Waals surface area contributed by atoms with Crippen LogP contribution in [0.1, 0.15) is 37.4 Å². The lowest BCUT2D eigenvalue weighted by Crippen LogP contribution is -2.30. The molecule has 0 bridgehead atoms. The zero-order valence-electron chi connectivity index (χ0n) is 24.2. The van der Waals surface area contributed by atoms with Gasteiger partial charge in [0.1, 0.15) is 11.4 Å². The van der Waals surface area contributed by atoms with Crippen molar-refractivity contribution in [2.45, 2.75) is 32.4 Å². The van der Waals surface area contributed by atoms with Crippen LogP contribution >= 0.6 is 0 Å². The number of halogens is 3. The van der Waals surface area contributed by atoms with Crippen LogP contribution in [-0.2, 0) is 6.18 Å². The summed E-state index contributed by atoms with van der Waals surface area (Å²) in [6.45, 7) is -9.61. The fourth-order valence-corrected chi connectivity index (χ4v) is 2.15. The molecule has 0 saturated heterocycles. The van der Waals surface area contributed by atoms with Gasteiger partial charge in [-0.3, -0.25) is 4.98 Å². The van der Waals surface area contributed by atoms with Crippen LogP contribution in [0.2, 0.25) is 0 Å². The minimum Gasteiger partial charge on any atom is -0.389 e. The van der Waals surface area contributed by atoms with E-state index >= 15 is 0 Å². The molecule has 0 radical (unpaired) electrons. The third-order valence-electron chi connectivity index (χ3n) is 3.34. The number of anilines is 3. The second-order valence-electron chi connectivity index (χ2n) is 5.90. The molecule has 3 aromatic rings. The highest BCUT2D eigenvalue weighted by Gasteiger charge is 2.32. The average molecular weight is 428 g/mol. The van der Waals surface area contributed by atoms with E-state index in [9.17, 15) is 18.3 Å². The molecule has 0 fully saturated rings. The molecular formula is C19H20F3N7O. The van der Waals surface area contributed by atoms with Gasteiger partial charge < -0.3 is 15.7 Å². The highest BCUT2D eigenvalue weighted by Crippen LogP contribution is 2.29. The average Bonchev–Trinajstić information content (AvgIpc) is 2.76. The first-order valence-corrected chi connectivity index (χ1v) is 8.17. The smallest absolute Gasteiger partial charge is 0.389 e. The van der Waals surface area contributed by atoms with Crippen LogP contribution < -0.4 is 10.6 Å². The summed E-state index contributed by atoms with van der Waals surface area (Å²) in [5.74, 6) is -2.00. The molecule has 0 saturated carbocycles. The van der Waals surface area contributed by atoms with E-state index in [1.807, 2.05) is 5.32 Å². The number of hydrogen-bond acceptors (Lipinski definition) is 8. The molecule has 3 aromatic heterocycles. The van der Waals surface area contributed by atoms with E-state index in [1.165, 1.54) is 18.3 Å². The molecule has 0 aliphatic rings. The number of alkyl halides is 3. The lowest BCUT2D eigenvalue weighted by atomic mass is 10.1. The summed E-state index contributed by atoms with van der Waals surface area (Å²) in [6.07, 6.45) is -3.50. The van der Waals surface area contributed by atoms with Gasteiger partial charge in [0.25, 0.3) is 0 Å². The highest BCUT2D eigenvalue weighted by atomic mass is 19.4. The van der Waals surface area contributed by atoms with Crippen molar-refractivity contribution in [3.05, 3.63) is 47.9 Å². The minimum atomic E-state index is -4.90. The molecule has 0 aliphatic heterocycles. The van der Waals surface area contributed by atoms with E-state index in [1.54, 1.807) is 6.92 Å². The molecule has 3 N–H and O–H groups in total. The Morgan fingerprint density at radius 1 is 1.17 bits per heavy atom. The van der Waals surface area contributed by atoms with Crippen molar-refractivity contribution in [3.63, 3.8) is 0 Å². The van der Waals surface area contributed by atoms with Gasteiger partial charge in [0.15, 0.2) is 5.82 Å². The molecule has 158 valence electrons. The second-order valence-corrected chi connectivity index (χ2v) is 5.90. The number of nitrogens with one attached hydrogen (secondary N) is 2. The van der Waals surface area contributed by atoms with Crippen molar-refractivity contribution in [2.75, 3.05) is 17.1 Å². The number of aliphatic hydroxyl groups is 1. The molecule has 11 heteroatoms. The Labute approximate surface area is 183 Å². The maximum Gasteiger partial charge on any atom is 0.433 e. The van der Waals surface area contributed by atoms with Crippen molar-refractivity contribution < 1.29 is 30.6 Å². The molecule has 0 aliphatic carbocycles. The molecule has 0 atom stereocenters. The minimum absolute atomic E-state index is 0.318. The Bertz CT molecular complexity index is 1350. The third-order valence-corrected chi connectivity index (χ3v) is 3.34. The van der Waals surface area contributed by atoms with E-state index in [4.69, 9.17) is 12.3 Å². The van der Waals surface area contributed by atoms with Crippen LogP contribution in [0.25, 0.3) is 11.5 Å². The first-order valence-electron chi connectivity index (χ1n) is 12.7. The molecule has 0 amide bonds. The number of aryl methyl sites for hydroxylation is 1. The van der Waals surface area contributed by atoms with E-state index in [0.29, 0.717) is 17.4 Å². The molecular weight excluding hydrogens is 399 g/mol. The summed E-state index contributed by atoms with van der Waals surface area (Å²) in [5.41, 5.74) is -5.23. The van der Waals surface area contributed by atoms with Crippen molar-refractivity contribution >= 4 is 17.6 Å². The molecule has 3 heterocycles. The van der Waals surface area contributed by atoms with Gasteiger partial charge >= 0.3 is 6.18 Å².